The number of alkyl halides is 3. The Balaban J connectivity index is 1.51. The summed E-state index contributed by atoms with van der Waals surface area (Å²) in [5.41, 5.74) is 6.53. The SMILES string of the molecule is C=C(CNc1cc(-c2ccc(OC(F)(F)F)cc2)c2ncsc2c1C#N)C(=O)NOC1CCCCO1. The van der Waals surface area contributed by atoms with E-state index < -0.39 is 18.6 Å². The molecule has 1 aromatic heterocycles. The fourth-order valence-corrected chi connectivity index (χ4v) is 4.42. The number of halogens is 3. The Morgan fingerprint density at radius 1 is 1.31 bits per heavy atom. The summed E-state index contributed by atoms with van der Waals surface area (Å²) in [6.45, 7) is 4.35. The molecule has 2 heterocycles. The van der Waals surface area contributed by atoms with Crippen molar-refractivity contribution >= 4 is 33.1 Å². The largest absolute Gasteiger partial charge is 0.573 e. The number of nitriles is 1. The minimum absolute atomic E-state index is 0.0114. The van der Waals surface area contributed by atoms with Crippen molar-refractivity contribution in [3.63, 3.8) is 0 Å². The zero-order valence-corrected chi connectivity index (χ0v) is 19.7. The molecule has 36 heavy (non-hydrogen) atoms. The molecule has 8 nitrogen and oxygen atoms in total. The predicted molar refractivity (Wildman–Crippen MR) is 127 cm³/mol. The minimum atomic E-state index is -4.79. The number of anilines is 1. The molecule has 0 radical (unpaired) electrons. The average molecular weight is 519 g/mol. The van der Waals surface area contributed by atoms with Gasteiger partial charge >= 0.3 is 6.36 Å². The van der Waals surface area contributed by atoms with Crippen LogP contribution in [0.1, 0.15) is 24.8 Å². The molecule has 1 unspecified atom stereocenters. The first-order valence-electron chi connectivity index (χ1n) is 10.9. The maximum Gasteiger partial charge on any atom is 0.573 e. The lowest BCUT2D eigenvalue weighted by Crippen LogP contribution is -2.34. The van der Waals surface area contributed by atoms with Gasteiger partial charge in [-0.1, -0.05) is 18.7 Å². The summed E-state index contributed by atoms with van der Waals surface area (Å²) in [6.07, 6.45) is -2.72. The highest BCUT2D eigenvalue weighted by Crippen LogP contribution is 2.37. The summed E-state index contributed by atoms with van der Waals surface area (Å²) in [5.74, 6) is -0.884. The number of ether oxygens (including phenoxy) is 2. The zero-order valence-electron chi connectivity index (χ0n) is 18.9. The fourth-order valence-electron chi connectivity index (χ4n) is 3.61. The van der Waals surface area contributed by atoms with Crippen molar-refractivity contribution in [2.24, 2.45) is 0 Å². The molecule has 3 aromatic rings. The van der Waals surface area contributed by atoms with Gasteiger partial charge in [0.15, 0.2) is 6.29 Å². The van der Waals surface area contributed by atoms with Gasteiger partial charge in [0, 0.05) is 30.7 Å². The van der Waals surface area contributed by atoms with Gasteiger partial charge in [-0.25, -0.2) is 15.3 Å². The van der Waals surface area contributed by atoms with Gasteiger partial charge in [0.2, 0.25) is 0 Å². The third kappa shape index (κ3) is 6.12. The van der Waals surface area contributed by atoms with E-state index >= 15 is 0 Å². The predicted octanol–water partition coefficient (Wildman–Crippen LogP) is 5.28. The van der Waals surface area contributed by atoms with E-state index in [4.69, 9.17) is 9.57 Å². The van der Waals surface area contributed by atoms with Crippen molar-refractivity contribution in [2.45, 2.75) is 31.9 Å². The van der Waals surface area contributed by atoms with E-state index in [-0.39, 0.29) is 17.9 Å². The maximum atomic E-state index is 12.5. The fraction of sp³-hybridized carbons (Fsp3) is 0.292. The molecule has 1 atom stereocenters. The molecular weight excluding hydrogens is 497 g/mol. The van der Waals surface area contributed by atoms with E-state index in [0.717, 1.165) is 12.8 Å². The Hall–Kier alpha value is -3.66. The third-order valence-corrected chi connectivity index (χ3v) is 6.20. The van der Waals surface area contributed by atoms with Crippen LogP contribution in [0, 0.1) is 11.3 Å². The molecular formula is C24H21F3N4O4S. The number of carbonyl (C=O) groups excluding carboxylic acids is 1. The Bertz CT molecular complexity index is 1300. The topological polar surface area (TPSA) is 106 Å². The van der Waals surface area contributed by atoms with Gasteiger partial charge < -0.3 is 14.8 Å². The summed E-state index contributed by atoms with van der Waals surface area (Å²) in [7, 11) is 0. The van der Waals surface area contributed by atoms with E-state index in [9.17, 15) is 23.2 Å². The number of hydroxylamine groups is 1. The first-order chi connectivity index (χ1) is 17.2. The van der Waals surface area contributed by atoms with Crippen LogP contribution >= 0.6 is 11.3 Å². The lowest BCUT2D eigenvalue weighted by atomic mass is 10.0. The van der Waals surface area contributed by atoms with Crippen molar-refractivity contribution in [1.82, 2.24) is 10.5 Å². The number of fused-ring (bicyclic) bond motifs is 1. The van der Waals surface area contributed by atoms with Crippen LogP contribution in [-0.4, -0.2) is 36.7 Å². The Kier molecular flexibility index (Phi) is 7.73. The van der Waals surface area contributed by atoms with Crippen LogP contribution in [-0.2, 0) is 14.4 Å². The number of carbonyl (C=O) groups is 1. The highest BCUT2D eigenvalue weighted by Gasteiger charge is 2.31. The van der Waals surface area contributed by atoms with Crippen LogP contribution in [0.2, 0.25) is 0 Å². The third-order valence-electron chi connectivity index (χ3n) is 5.35. The van der Waals surface area contributed by atoms with Crippen LogP contribution in [0.3, 0.4) is 0 Å². The van der Waals surface area contributed by atoms with E-state index in [2.05, 4.69) is 33.2 Å². The lowest BCUT2D eigenvalue weighted by molar-refractivity contribution is -0.274. The number of benzene rings is 2. The molecule has 1 saturated heterocycles. The number of aromatic nitrogens is 1. The number of thiazole rings is 1. The van der Waals surface area contributed by atoms with Crippen molar-refractivity contribution in [3.05, 3.63) is 53.6 Å². The number of nitrogens with zero attached hydrogens (tertiary/aromatic N) is 2. The first-order valence-corrected chi connectivity index (χ1v) is 11.8. The van der Waals surface area contributed by atoms with E-state index in [1.807, 2.05) is 0 Å². The zero-order chi connectivity index (χ0) is 25.7. The second-order valence-corrected chi connectivity index (χ2v) is 8.72. The quantitative estimate of drug-likeness (QED) is 0.309. The van der Waals surface area contributed by atoms with Gasteiger partial charge in [-0.05, 0) is 36.6 Å². The summed E-state index contributed by atoms with van der Waals surface area (Å²) < 4.78 is 47.4. The van der Waals surface area contributed by atoms with E-state index in [1.54, 1.807) is 11.6 Å². The highest BCUT2D eigenvalue weighted by atomic mass is 32.1. The number of hydrogen-bond donors (Lipinski definition) is 2. The Morgan fingerprint density at radius 3 is 2.75 bits per heavy atom. The standard InChI is InChI=1S/C24H21F3N4O4S/c1-14(23(32)31-35-20-4-2-3-9-33-20)12-29-19-10-17(21-22(18(19)11-28)36-13-30-21)15-5-7-16(8-6-15)34-24(25,26)27/h5-8,10,13,20,29H,1-4,9,12H2,(H,31,32). The van der Waals surface area contributed by atoms with Crippen molar-refractivity contribution in [2.75, 3.05) is 18.5 Å². The number of nitrogens with one attached hydrogen (secondary N) is 2. The second-order valence-electron chi connectivity index (χ2n) is 7.86. The molecule has 188 valence electrons. The van der Waals surface area contributed by atoms with Crippen LogP contribution < -0.4 is 15.5 Å². The minimum Gasteiger partial charge on any atom is -0.406 e. The summed E-state index contributed by atoms with van der Waals surface area (Å²) in [4.78, 5) is 22.0. The molecule has 0 aliphatic carbocycles. The number of amides is 1. The van der Waals surface area contributed by atoms with Gasteiger partial charge in [-0.2, -0.15) is 5.26 Å². The Morgan fingerprint density at radius 2 is 2.08 bits per heavy atom. The molecule has 1 aliphatic heterocycles. The van der Waals surface area contributed by atoms with Crippen LogP contribution in [0.25, 0.3) is 21.3 Å². The van der Waals surface area contributed by atoms with Gasteiger partial charge in [-0.15, -0.1) is 24.5 Å². The first kappa shape index (κ1) is 25.4. The Labute approximate surface area is 208 Å². The molecule has 1 amide bonds. The lowest BCUT2D eigenvalue weighted by Gasteiger charge is -2.22. The van der Waals surface area contributed by atoms with Crippen LogP contribution in [0.4, 0.5) is 18.9 Å². The normalized spacial score (nSPS) is 15.8. The molecule has 1 aliphatic rings. The van der Waals surface area contributed by atoms with Gasteiger partial charge in [0.25, 0.3) is 5.91 Å². The van der Waals surface area contributed by atoms with E-state index in [1.165, 1.54) is 35.6 Å². The molecule has 2 N–H and O–H groups in total. The monoisotopic (exact) mass is 518 g/mol. The number of rotatable bonds is 8. The molecule has 0 spiro atoms. The molecule has 0 bridgehead atoms. The number of hydrogen-bond acceptors (Lipinski definition) is 8. The van der Waals surface area contributed by atoms with Gasteiger partial charge in [0.1, 0.15) is 11.8 Å². The molecule has 12 heteroatoms. The molecule has 2 aromatic carbocycles. The summed E-state index contributed by atoms with van der Waals surface area (Å²) in [6, 6.07) is 9.17. The summed E-state index contributed by atoms with van der Waals surface area (Å²) in [5, 5.41) is 12.8. The molecule has 0 saturated carbocycles. The van der Waals surface area contributed by atoms with E-state index in [0.29, 0.717) is 45.6 Å². The van der Waals surface area contributed by atoms with Gasteiger partial charge in [0.05, 0.1) is 27.0 Å². The van der Waals surface area contributed by atoms with Crippen LogP contribution in [0.15, 0.2) is 48.0 Å². The van der Waals surface area contributed by atoms with Crippen molar-refractivity contribution in [3.8, 4) is 22.9 Å². The molecule has 4 rings (SSSR count). The maximum absolute atomic E-state index is 12.5. The average Bonchev–Trinajstić information content (AvgIpc) is 3.35. The van der Waals surface area contributed by atoms with Crippen LogP contribution in [0.5, 0.6) is 5.75 Å². The second kappa shape index (κ2) is 10.9. The van der Waals surface area contributed by atoms with Crippen molar-refractivity contribution < 1.29 is 32.3 Å². The summed E-state index contributed by atoms with van der Waals surface area (Å²) >= 11 is 1.25. The van der Waals surface area contributed by atoms with Gasteiger partial charge in [-0.3, -0.25) is 4.79 Å². The smallest absolute Gasteiger partial charge is 0.406 e. The molecule has 1 fully saturated rings. The highest BCUT2D eigenvalue weighted by molar-refractivity contribution is 7.17. The van der Waals surface area contributed by atoms with Crippen molar-refractivity contribution in [1.29, 1.82) is 5.26 Å².